The standard InChI is InChI=1S/C22H20ClF2N3O5S/c1-27(18-3-2-4-19-15(18)11-26-28(19)12-22(29)30)34(31,32)21-9-16(23)20(10-17(21)25)33-14-7-5-13(24)6-8-14/h5-11,18H,2-4,12H2,1H3,(H,29,30)/t18-/m1/s1. The Hall–Kier alpha value is -3.02. The van der Waals surface area contributed by atoms with Crippen LogP contribution in [0.5, 0.6) is 11.5 Å². The van der Waals surface area contributed by atoms with E-state index in [0.29, 0.717) is 30.5 Å². The molecule has 180 valence electrons. The van der Waals surface area contributed by atoms with E-state index in [1.54, 1.807) is 0 Å². The van der Waals surface area contributed by atoms with Gasteiger partial charge in [0.1, 0.15) is 34.6 Å². The molecule has 3 aromatic rings. The van der Waals surface area contributed by atoms with E-state index in [1.807, 2.05) is 0 Å². The number of sulfonamides is 1. The lowest BCUT2D eigenvalue weighted by Crippen LogP contribution is -2.34. The van der Waals surface area contributed by atoms with Crippen LogP contribution in [-0.2, 0) is 27.8 Å². The molecule has 1 atom stereocenters. The van der Waals surface area contributed by atoms with Crippen LogP contribution >= 0.6 is 11.6 Å². The summed E-state index contributed by atoms with van der Waals surface area (Å²) in [6.07, 6.45) is 3.08. The van der Waals surface area contributed by atoms with Gasteiger partial charge in [0, 0.05) is 24.4 Å². The summed E-state index contributed by atoms with van der Waals surface area (Å²) in [5.41, 5.74) is 1.23. The number of fused-ring (bicyclic) bond motifs is 1. The lowest BCUT2D eigenvalue weighted by atomic mass is 9.93. The summed E-state index contributed by atoms with van der Waals surface area (Å²) >= 11 is 6.19. The van der Waals surface area contributed by atoms with Crippen molar-refractivity contribution in [1.82, 2.24) is 14.1 Å². The van der Waals surface area contributed by atoms with Gasteiger partial charge in [0.15, 0.2) is 0 Å². The third-order valence-electron chi connectivity index (χ3n) is 5.64. The maximum absolute atomic E-state index is 15.0. The molecule has 1 N–H and O–H groups in total. The maximum atomic E-state index is 15.0. The Balaban J connectivity index is 1.63. The van der Waals surface area contributed by atoms with Crippen LogP contribution in [0.1, 0.15) is 30.1 Å². The molecule has 1 heterocycles. The van der Waals surface area contributed by atoms with Crippen molar-refractivity contribution in [3.05, 3.63) is 70.5 Å². The van der Waals surface area contributed by atoms with Crippen molar-refractivity contribution in [2.75, 3.05) is 7.05 Å². The summed E-state index contributed by atoms with van der Waals surface area (Å²) in [5, 5.41) is 13.0. The number of carbonyl (C=O) groups is 1. The Morgan fingerprint density at radius 2 is 2.00 bits per heavy atom. The third kappa shape index (κ3) is 4.63. The molecule has 12 heteroatoms. The highest BCUT2D eigenvalue weighted by Crippen LogP contribution is 2.39. The highest BCUT2D eigenvalue weighted by atomic mass is 35.5. The Labute approximate surface area is 199 Å². The molecule has 1 aromatic heterocycles. The number of hydrogen-bond donors (Lipinski definition) is 1. The van der Waals surface area contributed by atoms with Gasteiger partial charge in [-0.05, 0) is 49.6 Å². The average Bonchev–Trinajstić information content (AvgIpc) is 3.19. The predicted octanol–water partition coefficient (Wildman–Crippen LogP) is 4.39. The number of ether oxygens (including phenoxy) is 1. The zero-order valence-corrected chi connectivity index (χ0v) is 19.5. The van der Waals surface area contributed by atoms with Crippen LogP contribution in [0.25, 0.3) is 0 Å². The smallest absolute Gasteiger partial charge is 0.325 e. The molecule has 1 aliphatic rings. The van der Waals surface area contributed by atoms with E-state index in [1.165, 1.54) is 30.1 Å². The summed E-state index contributed by atoms with van der Waals surface area (Å²) in [7, 11) is -2.99. The van der Waals surface area contributed by atoms with Gasteiger partial charge in [0.05, 0.1) is 17.3 Å². The number of rotatable bonds is 7. The number of hydrogen-bond acceptors (Lipinski definition) is 5. The summed E-state index contributed by atoms with van der Waals surface area (Å²) in [4.78, 5) is 10.5. The number of benzene rings is 2. The lowest BCUT2D eigenvalue weighted by molar-refractivity contribution is -0.137. The summed E-state index contributed by atoms with van der Waals surface area (Å²) in [6.45, 7) is -0.335. The second kappa shape index (κ2) is 9.32. The van der Waals surface area contributed by atoms with Gasteiger partial charge >= 0.3 is 5.97 Å². The van der Waals surface area contributed by atoms with Gasteiger partial charge in [-0.3, -0.25) is 9.48 Å². The van der Waals surface area contributed by atoms with Crippen LogP contribution in [0, 0.1) is 11.6 Å². The minimum atomic E-state index is -4.33. The minimum Gasteiger partial charge on any atom is -0.480 e. The van der Waals surface area contributed by atoms with Crippen molar-refractivity contribution in [2.45, 2.75) is 36.7 Å². The topological polar surface area (TPSA) is 102 Å². The largest absolute Gasteiger partial charge is 0.480 e. The summed E-state index contributed by atoms with van der Waals surface area (Å²) in [6, 6.07) is 6.16. The van der Waals surface area contributed by atoms with Crippen molar-refractivity contribution in [3.8, 4) is 11.5 Å². The summed E-state index contributed by atoms with van der Waals surface area (Å²) < 4.78 is 62.6. The molecule has 0 bridgehead atoms. The Bertz CT molecular complexity index is 1350. The highest BCUT2D eigenvalue weighted by Gasteiger charge is 2.36. The van der Waals surface area contributed by atoms with Crippen molar-refractivity contribution >= 4 is 27.6 Å². The Morgan fingerprint density at radius 1 is 1.29 bits per heavy atom. The monoisotopic (exact) mass is 511 g/mol. The van der Waals surface area contributed by atoms with Crippen LogP contribution < -0.4 is 4.74 Å². The van der Waals surface area contributed by atoms with Gasteiger partial charge in [-0.15, -0.1) is 0 Å². The van der Waals surface area contributed by atoms with Crippen molar-refractivity contribution in [3.63, 3.8) is 0 Å². The van der Waals surface area contributed by atoms with Gasteiger partial charge in [-0.25, -0.2) is 17.2 Å². The molecule has 0 spiro atoms. The molecule has 1 aliphatic carbocycles. The minimum absolute atomic E-state index is 0.123. The van der Waals surface area contributed by atoms with Crippen LogP contribution in [0.4, 0.5) is 8.78 Å². The third-order valence-corrected chi connectivity index (χ3v) is 7.82. The number of carboxylic acid groups (broad SMARTS) is 1. The SMILES string of the molecule is CN([C@@H]1CCCc2c1cnn2CC(=O)O)S(=O)(=O)c1cc(Cl)c(Oc2ccc(F)cc2)cc1F. The van der Waals surface area contributed by atoms with Crippen LogP contribution in [0.15, 0.2) is 47.5 Å². The van der Waals surface area contributed by atoms with Crippen molar-refractivity contribution in [1.29, 1.82) is 0 Å². The highest BCUT2D eigenvalue weighted by molar-refractivity contribution is 7.89. The molecule has 0 fully saturated rings. The van der Waals surface area contributed by atoms with Crippen LogP contribution in [-0.4, -0.2) is 40.6 Å². The molecule has 4 rings (SSSR count). The molecule has 0 aliphatic heterocycles. The molecule has 34 heavy (non-hydrogen) atoms. The van der Waals surface area contributed by atoms with E-state index in [4.69, 9.17) is 21.4 Å². The molecular weight excluding hydrogens is 492 g/mol. The number of aromatic nitrogens is 2. The van der Waals surface area contributed by atoms with Gasteiger partial charge in [0.2, 0.25) is 10.0 Å². The van der Waals surface area contributed by atoms with Gasteiger partial charge < -0.3 is 9.84 Å². The number of halogens is 3. The molecule has 8 nitrogen and oxygen atoms in total. The van der Waals surface area contributed by atoms with Crippen molar-refractivity contribution in [2.24, 2.45) is 0 Å². The lowest BCUT2D eigenvalue weighted by Gasteiger charge is -2.31. The number of carboxylic acids is 1. The average molecular weight is 512 g/mol. The quantitative estimate of drug-likeness (QED) is 0.505. The Morgan fingerprint density at radius 3 is 2.68 bits per heavy atom. The van der Waals surface area contributed by atoms with Gasteiger partial charge in [0.25, 0.3) is 0 Å². The zero-order chi connectivity index (χ0) is 24.6. The zero-order valence-electron chi connectivity index (χ0n) is 17.9. The van der Waals surface area contributed by atoms with E-state index in [9.17, 15) is 22.0 Å². The van der Waals surface area contributed by atoms with E-state index in [0.717, 1.165) is 28.6 Å². The Kier molecular flexibility index (Phi) is 6.61. The molecule has 0 saturated heterocycles. The fourth-order valence-electron chi connectivity index (χ4n) is 3.98. The molecular formula is C22H20ClF2N3O5S. The summed E-state index contributed by atoms with van der Waals surface area (Å²) in [5.74, 6) is -2.53. The predicted molar refractivity (Wildman–Crippen MR) is 118 cm³/mol. The number of nitrogens with zero attached hydrogens (tertiary/aromatic N) is 3. The first kappa shape index (κ1) is 24.1. The fraction of sp³-hybridized carbons (Fsp3) is 0.273. The van der Waals surface area contributed by atoms with E-state index in [-0.39, 0.29) is 23.1 Å². The molecule has 0 radical (unpaired) electrons. The molecule has 2 aromatic carbocycles. The molecule has 0 amide bonds. The van der Waals surface area contributed by atoms with E-state index < -0.39 is 38.6 Å². The second-order valence-electron chi connectivity index (χ2n) is 7.80. The van der Waals surface area contributed by atoms with Gasteiger partial charge in [-0.2, -0.15) is 9.40 Å². The second-order valence-corrected chi connectivity index (χ2v) is 10.2. The first-order valence-electron chi connectivity index (χ1n) is 10.2. The normalized spacial score (nSPS) is 15.9. The van der Waals surface area contributed by atoms with Gasteiger partial charge in [-0.1, -0.05) is 11.6 Å². The van der Waals surface area contributed by atoms with Crippen LogP contribution in [0.3, 0.4) is 0 Å². The first-order valence-corrected chi connectivity index (χ1v) is 12.1. The maximum Gasteiger partial charge on any atom is 0.325 e. The first-order chi connectivity index (χ1) is 16.1. The van der Waals surface area contributed by atoms with Crippen LogP contribution in [0.2, 0.25) is 5.02 Å². The fourth-order valence-corrected chi connectivity index (χ4v) is 5.68. The van der Waals surface area contributed by atoms with E-state index in [2.05, 4.69) is 5.10 Å². The molecule has 0 unspecified atom stereocenters. The molecule has 0 saturated carbocycles. The number of aliphatic carboxylic acids is 1. The van der Waals surface area contributed by atoms with Crippen molar-refractivity contribution < 1.29 is 31.8 Å². The van der Waals surface area contributed by atoms with E-state index >= 15 is 0 Å².